The van der Waals surface area contributed by atoms with Gasteiger partial charge in [-0.25, -0.2) is 0 Å². The highest BCUT2D eigenvalue weighted by molar-refractivity contribution is 6.08. The quantitative estimate of drug-likeness (QED) is 0.306. The van der Waals surface area contributed by atoms with Crippen LogP contribution in [0.25, 0.3) is 11.1 Å². The van der Waals surface area contributed by atoms with Gasteiger partial charge < -0.3 is 10.4 Å². The van der Waals surface area contributed by atoms with E-state index < -0.39 is 12.0 Å². The summed E-state index contributed by atoms with van der Waals surface area (Å²) < 4.78 is 0. The van der Waals surface area contributed by atoms with Gasteiger partial charge in [0.2, 0.25) is 0 Å². The molecule has 5 rings (SSSR count). The standard InChI is InChI=1S/C32H30N2O3/c35-31(29-14-8-7-13-28(29)25-9-3-1-4-10-25)33-27-17-15-23(16-18-27)24-19-21-34(22-20-24)30(32(36)37)26-11-5-2-6-12-26/h1-18,24,30H,19-22H2,(H,33,35)(H,36,37). The van der Waals surface area contributed by atoms with Crippen molar-refractivity contribution in [1.82, 2.24) is 4.90 Å². The van der Waals surface area contributed by atoms with Crippen LogP contribution in [0.2, 0.25) is 0 Å². The monoisotopic (exact) mass is 490 g/mol. The van der Waals surface area contributed by atoms with Crippen molar-refractivity contribution >= 4 is 17.6 Å². The molecule has 4 aromatic carbocycles. The number of nitrogens with one attached hydrogen (secondary N) is 1. The molecule has 5 heteroatoms. The van der Waals surface area contributed by atoms with Crippen molar-refractivity contribution in [3.63, 3.8) is 0 Å². The van der Waals surface area contributed by atoms with Gasteiger partial charge in [-0.05, 0) is 72.3 Å². The smallest absolute Gasteiger partial charge is 0.325 e. The summed E-state index contributed by atoms with van der Waals surface area (Å²) in [6.07, 6.45) is 1.79. The number of benzene rings is 4. The molecule has 1 saturated heterocycles. The molecule has 1 atom stereocenters. The number of carboxylic acid groups (broad SMARTS) is 1. The Labute approximate surface area is 217 Å². The third kappa shape index (κ3) is 5.63. The van der Waals surface area contributed by atoms with E-state index in [0.29, 0.717) is 11.5 Å². The molecule has 2 N–H and O–H groups in total. The molecule has 37 heavy (non-hydrogen) atoms. The number of carbonyl (C=O) groups excluding carboxylic acids is 1. The minimum atomic E-state index is -0.807. The van der Waals surface area contributed by atoms with Gasteiger partial charge in [-0.2, -0.15) is 0 Å². The van der Waals surface area contributed by atoms with Gasteiger partial charge in [-0.3, -0.25) is 14.5 Å². The van der Waals surface area contributed by atoms with E-state index in [0.717, 1.165) is 48.3 Å². The molecule has 1 heterocycles. The van der Waals surface area contributed by atoms with Crippen molar-refractivity contribution in [2.75, 3.05) is 18.4 Å². The average Bonchev–Trinajstić information content (AvgIpc) is 2.95. The van der Waals surface area contributed by atoms with Crippen LogP contribution in [0.15, 0.2) is 109 Å². The van der Waals surface area contributed by atoms with Gasteiger partial charge in [0.1, 0.15) is 6.04 Å². The highest BCUT2D eigenvalue weighted by atomic mass is 16.4. The van der Waals surface area contributed by atoms with E-state index in [-0.39, 0.29) is 5.91 Å². The maximum atomic E-state index is 13.1. The lowest BCUT2D eigenvalue weighted by atomic mass is 9.88. The molecule has 186 valence electrons. The Balaban J connectivity index is 1.23. The zero-order valence-electron chi connectivity index (χ0n) is 20.6. The summed E-state index contributed by atoms with van der Waals surface area (Å²) in [6.45, 7) is 1.45. The summed E-state index contributed by atoms with van der Waals surface area (Å²) in [7, 11) is 0. The van der Waals surface area contributed by atoms with E-state index in [2.05, 4.69) is 22.3 Å². The second kappa shape index (κ2) is 11.2. The van der Waals surface area contributed by atoms with Crippen molar-refractivity contribution in [1.29, 1.82) is 0 Å². The van der Waals surface area contributed by atoms with Gasteiger partial charge in [-0.15, -0.1) is 0 Å². The number of amides is 1. The molecular formula is C32H30N2O3. The zero-order valence-corrected chi connectivity index (χ0v) is 20.6. The lowest BCUT2D eigenvalue weighted by molar-refractivity contribution is -0.144. The molecule has 0 aromatic heterocycles. The fraction of sp³-hybridized carbons (Fsp3) is 0.188. The second-order valence-corrected chi connectivity index (χ2v) is 9.45. The number of aliphatic carboxylic acids is 1. The van der Waals surface area contributed by atoms with Crippen molar-refractivity contribution in [2.24, 2.45) is 0 Å². The number of carboxylic acids is 1. The minimum Gasteiger partial charge on any atom is -0.480 e. The Morgan fingerprint density at radius 2 is 1.35 bits per heavy atom. The van der Waals surface area contributed by atoms with Crippen molar-refractivity contribution < 1.29 is 14.7 Å². The predicted molar refractivity (Wildman–Crippen MR) is 147 cm³/mol. The van der Waals surface area contributed by atoms with Gasteiger partial charge in [0.05, 0.1) is 0 Å². The van der Waals surface area contributed by atoms with Gasteiger partial charge in [0.15, 0.2) is 0 Å². The van der Waals surface area contributed by atoms with E-state index in [4.69, 9.17) is 0 Å². The van der Waals surface area contributed by atoms with Crippen LogP contribution in [0, 0.1) is 0 Å². The van der Waals surface area contributed by atoms with E-state index in [1.165, 1.54) is 5.56 Å². The van der Waals surface area contributed by atoms with Crippen LogP contribution in [-0.4, -0.2) is 35.0 Å². The number of nitrogens with zero attached hydrogens (tertiary/aromatic N) is 1. The topological polar surface area (TPSA) is 69.6 Å². The Bertz CT molecular complexity index is 1350. The Kier molecular flexibility index (Phi) is 7.43. The van der Waals surface area contributed by atoms with Gasteiger partial charge in [0, 0.05) is 11.3 Å². The summed E-state index contributed by atoms with van der Waals surface area (Å²) >= 11 is 0. The molecule has 1 amide bonds. The average molecular weight is 491 g/mol. The van der Waals surface area contributed by atoms with Gasteiger partial charge in [0.25, 0.3) is 5.91 Å². The number of hydrogen-bond acceptors (Lipinski definition) is 3. The fourth-order valence-electron chi connectivity index (χ4n) is 5.22. The first-order valence-electron chi connectivity index (χ1n) is 12.7. The van der Waals surface area contributed by atoms with Crippen LogP contribution in [0.5, 0.6) is 0 Å². The van der Waals surface area contributed by atoms with E-state index in [1.54, 1.807) is 0 Å². The van der Waals surface area contributed by atoms with Crippen molar-refractivity contribution in [3.05, 3.63) is 126 Å². The number of hydrogen-bond donors (Lipinski definition) is 2. The van der Waals surface area contributed by atoms with E-state index in [9.17, 15) is 14.7 Å². The molecule has 1 aliphatic heterocycles. The third-order valence-corrected chi connectivity index (χ3v) is 7.14. The fourth-order valence-corrected chi connectivity index (χ4v) is 5.22. The highest BCUT2D eigenvalue weighted by Gasteiger charge is 2.31. The highest BCUT2D eigenvalue weighted by Crippen LogP contribution is 2.33. The summed E-state index contributed by atoms with van der Waals surface area (Å²) in [6, 6.07) is 34.4. The first kappa shape index (κ1) is 24.5. The maximum Gasteiger partial charge on any atom is 0.325 e. The van der Waals surface area contributed by atoms with Crippen LogP contribution in [-0.2, 0) is 4.79 Å². The SMILES string of the molecule is O=C(Nc1ccc(C2CCN(C(C(=O)O)c3ccccc3)CC2)cc1)c1ccccc1-c1ccccc1. The third-order valence-electron chi connectivity index (χ3n) is 7.14. The lowest BCUT2D eigenvalue weighted by Gasteiger charge is -2.36. The molecule has 1 fully saturated rings. The second-order valence-electron chi connectivity index (χ2n) is 9.45. The Morgan fingerprint density at radius 1 is 0.757 bits per heavy atom. The molecule has 4 aromatic rings. The van der Waals surface area contributed by atoms with E-state index >= 15 is 0 Å². The summed E-state index contributed by atoms with van der Waals surface area (Å²) in [4.78, 5) is 27.2. The van der Waals surface area contributed by atoms with E-state index in [1.807, 2.05) is 97.1 Å². The molecule has 0 bridgehead atoms. The number of carbonyl (C=O) groups is 2. The molecule has 0 saturated carbocycles. The van der Waals surface area contributed by atoms with Crippen LogP contribution in [0.1, 0.15) is 46.3 Å². The van der Waals surface area contributed by atoms with Crippen LogP contribution >= 0.6 is 0 Å². The number of piperidine rings is 1. The van der Waals surface area contributed by atoms with Crippen LogP contribution in [0.4, 0.5) is 5.69 Å². The van der Waals surface area contributed by atoms with Gasteiger partial charge in [-0.1, -0.05) is 91.0 Å². The Morgan fingerprint density at radius 3 is 2.00 bits per heavy atom. The zero-order chi connectivity index (χ0) is 25.6. The minimum absolute atomic E-state index is 0.138. The molecule has 0 spiro atoms. The number of likely N-dealkylation sites (tertiary alicyclic amines) is 1. The lowest BCUT2D eigenvalue weighted by Crippen LogP contribution is -2.39. The molecule has 0 aliphatic carbocycles. The largest absolute Gasteiger partial charge is 0.480 e. The molecule has 1 unspecified atom stereocenters. The van der Waals surface area contributed by atoms with Crippen LogP contribution in [0.3, 0.4) is 0 Å². The molecule has 0 radical (unpaired) electrons. The van der Waals surface area contributed by atoms with Crippen molar-refractivity contribution in [2.45, 2.75) is 24.8 Å². The summed E-state index contributed by atoms with van der Waals surface area (Å²) in [5.74, 6) is -0.579. The van der Waals surface area contributed by atoms with Crippen LogP contribution < -0.4 is 5.32 Å². The molecular weight excluding hydrogens is 460 g/mol. The molecule has 1 aliphatic rings. The van der Waals surface area contributed by atoms with Crippen molar-refractivity contribution in [3.8, 4) is 11.1 Å². The normalized spacial score (nSPS) is 15.1. The summed E-state index contributed by atoms with van der Waals surface area (Å²) in [5, 5.41) is 12.9. The number of rotatable bonds is 7. The first-order chi connectivity index (χ1) is 18.1. The maximum absolute atomic E-state index is 13.1. The van der Waals surface area contributed by atoms with Gasteiger partial charge >= 0.3 is 5.97 Å². The summed E-state index contributed by atoms with van der Waals surface area (Å²) in [5.41, 5.74) is 5.34. The molecule has 5 nitrogen and oxygen atoms in total. The Hall–Kier alpha value is -4.22. The number of anilines is 1. The first-order valence-corrected chi connectivity index (χ1v) is 12.7. The predicted octanol–water partition coefficient (Wildman–Crippen LogP) is 6.61.